The summed E-state index contributed by atoms with van der Waals surface area (Å²) in [4.78, 5) is 1.60. The number of alkyl halides is 3. The molecule has 8 heteroatoms. The summed E-state index contributed by atoms with van der Waals surface area (Å²) in [6, 6.07) is 26.8. The molecule has 0 bridgehead atoms. The van der Waals surface area contributed by atoms with Crippen LogP contribution in [0.5, 0.6) is 0 Å². The number of halogens is 3. The number of benzene rings is 4. The Hall–Kier alpha value is -3.07. The fraction of sp³-hybridized carbons (Fsp3) is 0.351. The summed E-state index contributed by atoms with van der Waals surface area (Å²) in [5.74, 6) is 0. The smallest absolute Gasteiger partial charge is 0.203 e. The predicted octanol–water partition coefficient (Wildman–Crippen LogP) is 11.2. The van der Waals surface area contributed by atoms with Crippen LogP contribution in [0.15, 0.2) is 117 Å². The zero-order valence-electron chi connectivity index (χ0n) is 27.4. The van der Waals surface area contributed by atoms with Crippen LogP contribution >= 0.6 is 10.3 Å². The van der Waals surface area contributed by atoms with Crippen molar-refractivity contribution < 1.29 is 25.2 Å². The molecule has 0 heterocycles. The third-order valence-corrected chi connectivity index (χ3v) is 13.0. The van der Waals surface area contributed by atoms with Crippen molar-refractivity contribution in [3.63, 3.8) is 0 Å². The summed E-state index contributed by atoms with van der Waals surface area (Å²) in [6.45, 7) is 18.9. The molecule has 242 valence electrons. The Labute approximate surface area is 268 Å². The van der Waals surface area contributed by atoms with Gasteiger partial charge >= 0.3 is 16.3 Å². The monoisotopic (exact) mass is 656 g/mol. The molecule has 0 saturated heterocycles. The van der Waals surface area contributed by atoms with Gasteiger partial charge in [0, 0.05) is 14.7 Å². The van der Waals surface area contributed by atoms with E-state index in [1.165, 1.54) is 0 Å². The summed E-state index contributed by atoms with van der Waals surface area (Å²) >= 11 is 0. The molecule has 3 nitrogen and oxygen atoms in total. The SMILES string of the molecule is CC(C)(C)c1ccc(S(OS(=O)(=O)c2ccc(C(F)(F)F)cc2)(c2ccc(C(C)(C)C)cc2)c2ccc(C(C)(C)C)cc2)cc1. The van der Waals surface area contributed by atoms with Gasteiger partial charge in [-0.25, -0.2) is 3.63 Å². The summed E-state index contributed by atoms with van der Waals surface area (Å²) in [5.41, 5.74) is 1.82. The van der Waals surface area contributed by atoms with Crippen molar-refractivity contribution in [1.82, 2.24) is 0 Å². The first-order valence-corrected chi connectivity index (χ1v) is 17.8. The highest BCUT2D eigenvalue weighted by molar-refractivity contribution is 8.33. The summed E-state index contributed by atoms with van der Waals surface area (Å²) in [5, 5.41) is 0. The van der Waals surface area contributed by atoms with Crippen LogP contribution in [0.2, 0.25) is 0 Å². The lowest BCUT2D eigenvalue weighted by atomic mass is 9.87. The second-order valence-corrected chi connectivity index (χ2v) is 18.9. The normalized spacial score (nSPS) is 14.0. The van der Waals surface area contributed by atoms with E-state index in [9.17, 15) is 21.6 Å². The highest BCUT2D eigenvalue weighted by atomic mass is 32.3. The summed E-state index contributed by atoms with van der Waals surface area (Å²) in [6.07, 6.45) is -4.60. The van der Waals surface area contributed by atoms with Crippen LogP contribution < -0.4 is 0 Å². The average molecular weight is 657 g/mol. The van der Waals surface area contributed by atoms with Gasteiger partial charge in [0.15, 0.2) is 0 Å². The van der Waals surface area contributed by atoms with Gasteiger partial charge in [-0.05, 0) is 104 Å². The Morgan fingerprint density at radius 3 is 0.911 bits per heavy atom. The van der Waals surface area contributed by atoms with E-state index in [-0.39, 0.29) is 21.1 Å². The Kier molecular flexibility index (Phi) is 9.23. The van der Waals surface area contributed by atoms with Gasteiger partial charge in [-0.1, -0.05) is 98.7 Å². The molecule has 0 fully saturated rings. The molecular formula is C37H43F3O3S2. The van der Waals surface area contributed by atoms with E-state index in [0.29, 0.717) is 14.7 Å². The molecule has 0 saturated carbocycles. The molecular weight excluding hydrogens is 614 g/mol. The topological polar surface area (TPSA) is 43.4 Å². The molecule has 0 aliphatic rings. The van der Waals surface area contributed by atoms with E-state index < -0.39 is 32.2 Å². The molecule has 45 heavy (non-hydrogen) atoms. The number of hydrogen-bond acceptors (Lipinski definition) is 3. The van der Waals surface area contributed by atoms with Gasteiger partial charge in [0.2, 0.25) is 0 Å². The van der Waals surface area contributed by atoms with E-state index in [1.54, 1.807) is 0 Å². The fourth-order valence-electron chi connectivity index (χ4n) is 4.95. The van der Waals surface area contributed by atoms with Crippen LogP contribution in [-0.2, 0) is 36.2 Å². The van der Waals surface area contributed by atoms with E-state index in [4.69, 9.17) is 3.63 Å². The van der Waals surface area contributed by atoms with Crippen LogP contribution in [0.1, 0.15) is 84.6 Å². The molecule has 0 amide bonds. The van der Waals surface area contributed by atoms with Gasteiger partial charge in [-0.3, -0.25) is 0 Å². The fourth-order valence-corrected chi connectivity index (χ4v) is 10.1. The van der Waals surface area contributed by atoms with Crippen molar-refractivity contribution in [3.8, 4) is 0 Å². The number of rotatable bonds is 6. The zero-order chi connectivity index (χ0) is 33.6. The highest BCUT2D eigenvalue weighted by Crippen LogP contribution is 2.70. The number of hydrogen-bond donors (Lipinski definition) is 0. The standard InChI is InChI=1S/C37H43F3O3S2/c1-34(2,3)26-10-18-30(19-11-26)44(31-20-12-27(13-21-31)35(4,5)6,32-22-14-28(15-23-32)36(7,8)9)43-45(41,42)33-24-16-29(17-25-33)37(38,39)40/h10-25H,1-9H3. The first-order chi connectivity index (χ1) is 20.5. The second-order valence-electron chi connectivity index (χ2n) is 14.4. The van der Waals surface area contributed by atoms with Crippen LogP contribution in [0.25, 0.3) is 0 Å². The van der Waals surface area contributed by atoms with Gasteiger partial charge in [0.25, 0.3) is 0 Å². The van der Waals surface area contributed by atoms with Crippen molar-refractivity contribution in [2.45, 2.75) is 104 Å². The van der Waals surface area contributed by atoms with Crippen LogP contribution in [0, 0.1) is 0 Å². The molecule has 0 unspecified atom stereocenters. The summed E-state index contributed by atoms with van der Waals surface area (Å²) < 4.78 is 74.7. The van der Waals surface area contributed by atoms with Crippen LogP contribution in [0.4, 0.5) is 13.2 Å². The second kappa shape index (κ2) is 11.9. The zero-order valence-corrected chi connectivity index (χ0v) is 29.0. The third kappa shape index (κ3) is 7.50. The van der Waals surface area contributed by atoms with Gasteiger partial charge in [0.1, 0.15) is 0 Å². The Morgan fingerprint density at radius 2 is 0.667 bits per heavy atom. The maximum Gasteiger partial charge on any atom is 0.416 e. The third-order valence-electron chi connectivity index (χ3n) is 7.82. The first-order valence-electron chi connectivity index (χ1n) is 14.8. The van der Waals surface area contributed by atoms with E-state index in [2.05, 4.69) is 62.3 Å². The van der Waals surface area contributed by atoms with E-state index >= 15 is 0 Å². The quantitative estimate of drug-likeness (QED) is 0.207. The van der Waals surface area contributed by atoms with Gasteiger partial charge < -0.3 is 0 Å². The predicted molar refractivity (Wildman–Crippen MR) is 178 cm³/mol. The van der Waals surface area contributed by atoms with Crippen molar-refractivity contribution in [2.75, 3.05) is 0 Å². The lowest BCUT2D eigenvalue weighted by molar-refractivity contribution is -0.137. The molecule has 0 atom stereocenters. The Morgan fingerprint density at radius 1 is 0.422 bits per heavy atom. The Balaban J connectivity index is 2.03. The summed E-state index contributed by atoms with van der Waals surface area (Å²) in [7, 11) is -7.54. The molecule has 0 spiro atoms. The van der Waals surface area contributed by atoms with E-state index in [1.807, 2.05) is 72.8 Å². The highest BCUT2D eigenvalue weighted by Gasteiger charge is 2.39. The van der Waals surface area contributed by atoms with Crippen molar-refractivity contribution >= 4 is 20.4 Å². The molecule has 4 aromatic carbocycles. The first kappa shape index (κ1) is 34.8. The van der Waals surface area contributed by atoms with Crippen molar-refractivity contribution in [1.29, 1.82) is 0 Å². The largest absolute Gasteiger partial charge is 0.416 e. The minimum absolute atomic E-state index is 0.146. The Bertz CT molecular complexity index is 1580. The van der Waals surface area contributed by atoms with Gasteiger partial charge in [0.05, 0.1) is 10.5 Å². The van der Waals surface area contributed by atoms with Crippen molar-refractivity contribution in [2.24, 2.45) is 0 Å². The minimum Gasteiger partial charge on any atom is -0.203 e. The molecule has 0 aliphatic carbocycles. The lowest BCUT2D eigenvalue weighted by Crippen LogP contribution is -2.17. The molecule has 4 rings (SSSR count). The van der Waals surface area contributed by atoms with E-state index in [0.717, 1.165) is 41.0 Å². The van der Waals surface area contributed by atoms with Crippen molar-refractivity contribution in [3.05, 3.63) is 119 Å². The molecule has 0 aliphatic heterocycles. The van der Waals surface area contributed by atoms with Crippen LogP contribution in [-0.4, -0.2) is 8.42 Å². The van der Waals surface area contributed by atoms with Gasteiger partial charge in [-0.15, -0.1) is 0 Å². The molecule has 4 aromatic rings. The van der Waals surface area contributed by atoms with Crippen LogP contribution in [0.3, 0.4) is 0 Å². The lowest BCUT2D eigenvalue weighted by Gasteiger charge is -2.40. The maximum atomic E-state index is 14.1. The minimum atomic E-state index is -4.60. The van der Waals surface area contributed by atoms with Gasteiger partial charge in [-0.2, -0.15) is 21.6 Å². The molecule has 0 N–H and O–H groups in total. The molecule has 0 radical (unpaired) electrons. The maximum absolute atomic E-state index is 14.1. The average Bonchev–Trinajstić information content (AvgIpc) is 2.94. The molecule has 0 aromatic heterocycles.